The van der Waals surface area contributed by atoms with E-state index in [2.05, 4.69) is 36.1 Å². The van der Waals surface area contributed by atoms with E-state index in [-0.39, 0.29) is 0 Å². The first kappa shape index (κ1) is 12.0. The summed E-state index contributed by atoms with van der Waals surface area (Å²) in [4.78, 5) is 4.11. The highest BCUT2D eigenvalue weighted by Crippen LogP contribution is 2.17. The van der Waals surface area contributed by atoms with Crippen LogP contribution in [-0.2, 0) is 12.6 Å². The van der Waals surface area contributed by atoms with Crippen LogP contribution in [0.1, 0.15) is 12.6 Å². The lowest BCUT2D eigenvalue weighted by Crippen LogP contribution is -2.23. The Labute approximate surface area is 92.2 Å². The Balaban J connectivity index is 2.97. The summed E-state index contributed by atoms with van der Waals surface area (Å²) in [7, 11) is 0.425. The fourth-order valence-electron chi connectivity index (χ4n) is 1.04. The minimum absolute atomic E-state index is 0.607. The Hall–Kier alpha value is -1.05. The Morgan fingerprint density at radius 3 is 2.47 bits per heavy atom. The van der Waals surface area contributed by atoms with Gasteiger partial charge in [-0.2, -0.15) is 0 Å². The summed E-state index contributed by atoms with van der Waals surface area (Å²) in [6.45, 7) is 8.12. The predicted molar refractivity (Wildman–Crippen MR) is 63.9 cm³/mol. The SMILES string of the molecule is Cn1cnc(C(C)(O)C#C[Si](C)(C)C)c1. The van der Waals surface area contributed by atoms with Gasteiger partial charge in [-0.3, -0.25) is 0 Å². The van der Waals surface area contributed by atoms with Crippen molar-refractivity contribution in [2.24, 2.45) is 7.05 Å². The van der Waals surface area contributed by atoms with E-state index in [1.54, 1.807) is 24.0 Å². The van der Waals surface area contributed by atoms with Crippen molar-refractivity contribution < 1.29 is 5.11 Å². The summed E-state index contributed by atoms with van der Waals surface area (Å²) in [5, 5.41) is 10.1. The number of hydrogen-bond donors (Lipinski definition) is 1. The summed E-state index contributed by atoms with van der Waals surface area (Å²) in [5.74, 6) is 2.92. The number of aryl methyl sites for hydroxylation is 1. The highest BCUT2D eigenvalue weighted by Gasteiger charge is 2.23. The molecule has 0 radical (unpaired) electrons. The van der Waals surface area contributed by atoms with Crippen molar-refractivity contribution in [2.45, 2.75) is 32.2 Å². The van der Waals surface area contributed by atoms with Gasteiger partial charge in [0, 0.05) is 13.2 Å². The van der Waals surface area contributed by atoms with Crippen LogP contribution in [-0.4, -0.2) is 22.7 Å². The van der Waals surface area contributed by atoms with E-state index in [1.165, 1.54) is 0 Å². The molecule has 4 heteroatoms. The van der Waals surface area contributed by atoms with Gasteiger partial charge in [0.05, 0.1) is 6.33 Å². The van der Waals surface area contributed by atoms with Gasteiger partial charge < -0.3 is 9.67 Å². The molecule has 0 aliphatic carbocycles. The Kier molecular flexibility index (Phi) is 3.07. The van der Waals surface area contributed by atoms with Gasteiger partial charge in [-0.1, -0.05) is 25.6 Å². The standard InChI is InChI=1S/C11H18N2OSi/c1-11(14,6-7-15(3,4)5)10-8-13(2)9-12-10/h8-9,14H,1-5H3. The molecule has 1 N–H and O–H groups in total. The largest absolute Gasteiger partial charge is 0.372 e. The van der Waals surface area contributed by atoms with E-state index >= 15 is 0 Å². The molecule has 1 rings (SSSR count). The molecule has 0 saturated heterocycles. The van der Waals surface area contributed by atoms with Gasteiger partial charge in [0.25, 0.3) is 0 Å². The van der Waals surface area contributed by atoms with E-state index in [4.69, 9.17) is 0 Å². The topological polar surface area (TPSA) is 38.0 Å². The van der Waals surface area contributed by atoms with Crippen LogP contribution in [0.25, 0.3) is 0 Å². The second-order valence-electron chi connectivity index (χ2n) is 5.00. The molecule has 1 unspecified atom stereocenters. The highest BCUT2D eigenvalue weighted by atomic mass is 28.3. The third kappa shape index (κ3) is 3.54. The molecular formula is C11H18N2OSi. The molecule has 82 valence electrons. The number of hydrogen-bond acceptors (Lipinski definition) is 2. The minimum Gasteiger partial charge on any atom is -0.372 e. The molecule has 15 heavy (non-hydrogen) atoms. The zero-order chi connectivity index (χ0) is 11.7. The summed E-state index contributed by atoms with van der Waals surface area (Å²) < 4.78 is 1.81. The first-order valence-corrected chi connectivity index (χ1v) is 8.46. The average molecular weight is 222 g/mol. The van der Waals surface area contributed by atoms with E-state index in [1.807, 2.05) is 7.05 Å². The molecular weight excluding hydrogens is 204 g/mol. The maximum atomic E-state index is 10.1. The third-order valence-electron chi connectivity index (χ3n) is 1.88. The Bertz CT molecular complexity index is 404. The van der Waals surface area contributed by atoms with Gasteiger partial charge in [-0.05, 0) is 6.92 Å². The normalized spacial score (nSPS) is 15.3. The van der Waals surface area contributed by atoms with Gasteiger partial charge in [-0.15, -0.1) is 5.54 Å². The first-order chi connectivity index (χ1) is 6.71. The maximum Gasteiger partial charge on any atom is 0.165 e. The van der Waals surface area contributed by atoms with Crippen LogP contribution >= 0.6 is 0 Å². The van der Waals surface area contributed by atoms with Gasteiger partial charge in [-0.25, -0.2) is 4.98 Å². The minimum atomic E-state index is -1.45. The average Bonchev–Trinajstić information content (AvgIpc) is 2.48. The van der Waals surface area contributed by atoms with Crippen molar-refractivity contribution in [1.82, 2.24) is 9.55 Å². The van der Waals surface area contributed by atoms with E-state index < -0.39 is 13.7 Å². The molecule has 3 nitrogen and oxygen atoms in total. The van der Waals surface area contributed by atoms with Gasteiger partial charge in [0.1, 0.15) is 13.8 Å². The fraction of sp³-hybridized carbons (Fsp3) is 0.545. The molecule has 0 aliphatic rings. The van der Waals surface area contributed by atoms with E-state index in [0.29, 0.717) is 5.69 Å². The van der Waals surface area contributed by atoms with Crippen LogP contribution in [0.4, 0.5) is 0 Å². The number of aliphatic hydroxyl groups is 1. The van der Waals surface area contributed by atoms with Crippen LogP contribution in [0.15, 0.2) is 12.5 Å². The van der Waals surface area contributed by atoms with Crippen molar-refractivity contribution in [3.8, 4) is 11.5 Å². The number of imidazole rings is 1. The van der Waals surface area contributed by atoms with E-state index in [9.17, 15) is 5.11 Å². The number of rotatable bonds is 1. The van der Waals surface area contributed by atoms with Crippen molar-refractivity contribution in [3.05, 3.63) is 18.2 Å². The molecule has 0 amide bonds. The predicted octanol–water partition coefficient (Wildman–Crippen LogP) is 1.51. The van der Waals surface area contributed by atoms with E-state index in [0.717, 1.165) is 0 Å². The van der Waals surface area contributed by atoms with Crippen molar-refractivity contribution in [2.75, 3.05) is 0 Å². The van der Waals surface area contributed by atoms with Gasteiger partial charge in [0.15, 0.2) is 5.60 Å². The summed E-state index contributed by atoms with van der Waals surface area (Å²) in [6.07, 6.45) is 3.46. The van der Waals surface area contributed by atoms with Crippen molar-refractivity contribution >= 4 is 8.07 Å². The molecule has 0 fully saturated rings. The second-order valence-corrected chi connectivity index (χ2v) is 9.75. The molecule has 1 atom stereocenters. The lowest BCUT2D eigenvalue weighted by atomic mass is 10.1. The summed E-state index contributed by atoms with van der Waals surface area (Å²) in [6, 6.07) is 0. The number of aromatic nitrogens is 2. The molecule has 0 saturated carbocycles. The third-order valence-corrected chi connectivity index (χ3v) is 2.76. The molecule has 1 aromatic heterocycles. The van der Waals surface area contributed by atoms with Crippen LogP contribution < -0.4 is 0 Å². The van der Waals surface area contributed by atoms with Crippen LogP contribution in [0.5, 0.6) is 0 Å². The maximum absolute atomic E-state index is 10.1. The Morgan fingerprint density at radius 2 is 2.07 bits per heavy atom. The van der Waals surface area contributed by atoms with Gasteiger partial charge in [0.2, 0.25) is 0 Å². The second kappa shape index (κ2) is 3.84. The Morgan fingerprint density at radius 1 is 1.47 bits per heavy atom. The summed E-state index contributed by atoms with van der Waals surface area (Å²) in [5.41, 5.74) is 2.63. The van der Waals surface area contributed by atoms with Crippen LogP contribution in [0, 0.1) is 11.5 Å². The zero-order valence-electron chi connectivity index (χ0n) is 10.00. The lowest BCUT2D eigenvalue weighted by Gasteiger charge is -2.14. The lowest BCUT2D eigenvalue weighted by molar-refractivity contribution is 0.117. The highest BCUT2D eigenvalue weighted by molar-refractivity contribution is 6.83. The first-order valence-electron chi connectivity index (χ1n) is 4.96. The quantitative estimate of drug-likeness (QED) is 0.578. The molecule has 0 bridgehead atoms. The van der Waals surface area contributed by atoms with Gasteiger partial charge >= 0.3 is 0 Å². The molecule has 1 aromatic rings. The molecule has 1 heterocycles. The smallest absolute Gasteiger partial charge is 0.165 e. The van der Waals surface area contributed by atoms with Crippen molar-refractivity contribution in [3.63, 3.8) is 0 Å². The zero-order valence-corrected chi connectivity index (χ0v) is 11.0. The molecule has 0 aromatic carbocycles. The van der Waals surface area contributed by atoms with Crippen LogP contribution in [0.3, 0.4) is 0 Å². The molecule has 0 aliphatic heterocycles. The van der Waals surface area contributed by atoms with Crippen molar-refractivity contribution in [1.29, 1.82) is 0 Å². The van der Waals surface area contributed by atoms with Crippen LogP contribution in [0.2, 0.25) is 19.6 Å². The molecule has 0 spiro atoms. The fourth-order valence-corrected chi connectivity index (χ4v) is 1.66. The monoisotopic (exact) mass is 222 g/mol. The summed E-state index contributed by atoms with van der Waals surface area (Å²) >= 11 is 0. The number of nitrogens with zero attached hydrogens (tertiary/aromatic N) is 2.